The molecule has 3 aromatic rings. The van der Waals surface area contributed by atoms with Crippen molar-refractivity contribution in [3.63, 3.8) is 0 Å². The number of carbonyl (C=O) groups is 1. The molecule has 0 N–H and O–H groups in total. The molecule has 0 saturated carbocycles. The van der Waals surface area contributed by atoms with Gasteiger partial charge in [0.15, 0.2) is 5.76 Å². The summed E-state index contributed by atoms with van der Waals surface area (Å²) < 4.78 is 5.55. The van der Waals surface area contributed by atoms with E-state index in [1.165, 1.54) is 0 Å². The van der Waals surface area contributed by atoms with E-state index in [0.29, 0.717) is 10.8 Å². The molecule has 94 valence electrons. The second-order valence-corrected chi connectivity index (χ2v) is 4.75. The van der Waals surface area contributed by atoms with Crippen LogP contribution in [0.4, 0.5) is 0 Å². The monoisotopic (exact) mass is 270 g/mol. The first-order chi connectivity index (χ1) is 9.24. The predicted octanol–water partition coefficient (Wildman–Crippen LogP) is 4.51. The number of halogens is 1. The average Bonchev–Trinajstić information content (AvgIpc) is 2.85. The van der Waals surface area contributed by atoms with Crippen LogP contribution in [-0.2, 0) is 6.42 Å². The summed E-state index contributed by atoms with van der Waals surface area (Å²) >= 11 is 6.05. The molecule has 19 heavy (non-hydrogen) atoms. The first kappa shape index (κ1) is 12.0. The largest absolute Gasteiger partial charge is 0.453 e. The Bertz CT molecular complexity index is 710. The van der Waals surface area contributed by atoms with Crippen LogP contribution in [0.25, 0.3) is 11.0 Å². The number of para-hydroxylation sites is 1. The van der Waals surface area contributed by atoms with E-state index in [-0.39, 0.29) is 12.2 Å². The van der Waals surface area contributed by atoms with Gasteiger partial charge in [-0.05, 0) is 23.8 Å². The molecule has 1 heterocycles. The predicted molar refractivity (Wildman–Crippen MR) is 75.7 cm³/mol. The molecule has 3 rings (SSSR count). The van der Waals surface area contributed by atoms with Gasteiger partial charge in [0.2, 0.25) is 5.78 Å². The van der Waals surface area contributed by atoms with Crippen molar-refractivity contribution in [2.45, 2.75) is 6.42 Å². The molecule has 3 heteroatoms. The van der Waals surface area contributed by atoms with E-state index < -0.39 is 0 Å². The van der Waals surface area contributed by atoms with Gasteiger partial charge in [0.25, 0.3) is 0 Å². The van der Waals surface area contributed by atoms with Crippen molar-refractivity contribution in [1.82, 2.24) is 0 Å². The van der Waals surface area contributed by atoms with Crippen LogP contribution in [0.2, 0.25) is 5.02 Å². The van der Waals surface area contributed by atoms with Crippen molar-refractivity contribution < 1.29 is 9.21 Å². The summed E-state index contributed by atoms with van der Waals surface area (Å²) in [5.41, 5.74) is 1.54. The van der Waals surface area contributed by atoms with Crippen molar-refractivity contribution in [2.75, 3.05) is 0 Å². The number of furan rings is 1. The van der Waals surface area contributed by atoms with Crippen LogP contribution in [0.15, 0.2) is 59.0 Å². The Balaban J connectivity index is 1.90. The van der Waals surface area contributed by atoms with Crippen LogP contribution < -0.4 is 0 Å². The molecule has 0 aliphatic heterocycles. The van der Waals surface area contributed by atoms with Crippen LogP contribution in [0.5, 0.6) is 0 Å². The summed E-state index contributed by atoms with van der Waals surface area (Å²) in [7, 11) is 0. The third-order valence-electron chi connectivity index (χ3n) is 3.01. The van der Waals surface area contributed by atoms with E-state index in [1.54, 1.807) is 12.1 Å². The lowest BCUT2D eigenvalue weighted by molar-refractivity contribution is 0.0968. The van der Waals surface area contributed by atoms with Gasteiger partial charge in [0, 0.05) is 16.8 Å². The highest BCUT2D eigenvalue weighted by Crippen LogP contribution is 2.22. The number of fused-ring (bicyclic) bond motifs is 1. The Labute approximate surface area is 115 Å². The van der Waals surface area contributed by atoms with Gasteiger partial charge in [0.1, 0.15) is 5.58 Å². The molecule has 1 aromatic heterocycles. The maximum Gasteiger partial charge on any atom is 0.202 e. The van der Waals surface area contributed by atoms with Crippen molar-refractivity contribution in [3.05, 3.63) is 70.9 Å². The molecule has 2 nitrogen and oxygen atoms in total. The molecule has 0 saturated heterocycles. The van der Waals surface area contributed by atoms with Crippen molar-refractivity contribution in [2.24, 2.45) is 0 Å². The maximum absolute atomic E-state index is 12.2. The average molecular weight is 271 g/mol. The molecule has 0 fully saturated rings. The number of Topliss-reactive ketones (excluding diaryl/α,β-unsaturated/α-hetero) is 1. The second kappa shape index (κ2) is 4.90. The number of rotatable bonds is 3. The fourth-order valence-corrected chi connectivity index (χ4v) is 2.22. The van der Waals surface area contributed by atoms with Gasteiger partial charge in [-0.1, -0.05) is 48.0 Å². The molecule has 2 aromatic carbocycles. The SMILES string of the molecule is O=C(Cc1ccccc1Cl)c1cc2ccccc2o1. The van der Waals surface area contributed by atoms with Gasteiger partial charge in [-0.15, -0.1) is 0 Å². The minimum atomic E-state index is -0.0655. The molecule has 0 radical (unpaired) electrons. The Morgan fingerprint density at radius 1 is 1.05 bits per heavy atom. The van der Waals surface area contributed by atoms with Gasteiger partial charge in [0.05, 0.1) is 0 Å². The third-order valence-corrected chi connectivity index (χ3v) is 3.38. The summed E-state index contributed by atoms with van der Waals surface area (Å²) in [5, 5.41) is 1.54. The third kappa shape index (κ3) is 2.40. The first-order valence-corrected chi connectivity index (χ1v) is 6.37. The second-order valence-electron chi connectivity index (χ2n) is 4.34. The summed E-state index contributed by atoms with van der Waals surface area (Å²) in [6, 6.07) is 16.7. The topological polar surface area (TPSA) is 30.2 Å². The summed E-state index contributed by atoms with van der Waals surface area (Å²) in [6.07, 6.45) is 0.249. The van der Waals surface area contributed by atoms with Crippen LogP contribution >= 0.6 is 11.6 Å². The zero-order chi connectivity index (χ0) is 13.2. The van der Waals surface area contributed by atoms with Gasteiger partial charge < -0.3 is 4.42 Å². The van der Waals surface area contributed by atoms with E-state index in [1.807, 2.05) is 42.5 Å². The van der Waals surface area contributed by atoms with E-state index in [4.69, 9.17) is 16.0 Å². The maximum atomic E-state index is 12.2. The van der Waals surface area contributed by atoms with E-state index in [9.17, 15) is 4.79 Å². The highest BCUT2D eigenvalue weighted by atomic mass is 35.5. The smallest absolute Gasteiger partial charge is 0.202 e. The standard InChI is InChI=1S/C16H11ClO2/c17-13-7-3-1-5-11(13)9-14(18)16-10-12-6-2-4-8-15(12)19-16/h1-8,10H,9H2. The molecule has 0 atom stereocenters. The molecule has 0 aliphatic rings. The zero-order valence-corrected chi connectivity index (χ0v) is 10.9. The van der Waals surface area contributed by atoms with E-state index in [0.717, 1.165) is 16.5 Å². The molecule has 0 unspecified atom stereocenters. The fourth-order valence-electron chi connectivity index (χ4n) is 2.02. The normalized spacial score (nSPS) is 10.8. The molecule has 0 aliphatic carbocycles. The van der Waals surface area contributed by atoms with Crippen LogP contribution in [0.3, 0.4) is 0 Å². The fraction of sp³-hybridized carbons (Fsp3) is 0.0625. The Morgan fingerprint density at radius 3 is 2.58 bits per heavy atom. The summed E-state index contributed by atoms with van der Waals surface area (Å²) in [5.74, 6) is 0.311. The summed E-state index contributed by atoms with van der Waals surface area (Å²) in [4.78, 5) is 12.2. The van der Waals surface area contributed by atoms with Crippen LogP contribution in [-0.4, -0.2) is 5.78 Å². The number of hydrogen-bond acceptors (Lipinski definition) is 2. The lowest BCUT2D eigenvalue weighted by Crippen LogP contribution is -2.02. The van der Waals surface area contributed by atoms with Crippen LogP contribution in [0.1, 0.15) is 16.1 Å². The van der Waals surface area contributed by atoms with Gasteiger partial charge in [-0.3, -0.25) is 4.79 Å². The number of hydrogen-bond donors (Lipinski definition) is 0. The number of carbonyl (C=O) groups excluding carboxylic acids is 1. The van der Waals surface area contributed by atoms with Gasteiger partial charge in [-0.25, -0.2) is 0 Å². The molecule has 0 spiro atoms. The van der Waals surface area contributed by atoms with Crippen molar-refractivity contribution in [1.29, 1.82) is 0 Å². The van der Waals surface area contributed by atoms with E-state index in [2.05, 4.69) is 0 Å². The van der Waals surface area contributed by atoms with Crippen molar-refractivity contribution >= 4 is 28.4 Å². The Kier molecular flexibility index (Phi) is 3.10. The number of ketones is 1. The Hall–Kier alpha value is -2.06. The quantitative estimate of drug-likeness (QED) is 0.656. The van der Waals surface area contributed by atoms with Crippen LogP contribution in [0, 0.1) is 0 Å². The molecule has 0 bridgehead atoms. The molecular formula is C16H11ClO2. The summed E-state index contributed by atoms with van der Waals surface area (Å²) in [6.45, 7) is 0. The zero-order valence-electron chi connectivity index (χ0n) is 10.1. The Morgan fingerprint density at radius 2 is 1.79 bits per heavy atom. The lowest BCUT2D eigenvalue weighted by Gasteiger charge is -2.01. The number of benzene rings is 2. The van der Waals surface area contributed by atoms with Crippen molar-refractivity contribution in [3.8, 4) is 0 Å². The minimum Gasteiger partial charge on any atom is -0.453 e. The highest BCUT2D eigenvalue weighted by Gasteiger charge is 2.14. The molecular weight excluding hydrogens is 260 g/mol. The lowest BCUT2D eigenvalue weighted by atomic mass is 10.1. The minimum absolute atomic E-state index is 0.0655. The van der Waals surface area contributed by atoms with Gasteiger partial charge >= 0.3 is 0 Å². The molecule has 0 amide bonds. The van der Waals surface area contributed by atoms with E-state index >= 15 is 0 Å². The van der Waals surface area contributed by atoms with Gasteiger partial charge in [-0.2, -0.15) is 0 Å². The first-order valence-electron chi connectivity index (χ1n) is 5.99. The highest BCUT2D eigenvalue weighted by molar-refractivity contribution is 6.31.